The largest absolute Gasteiger partial charge is 0.490 e. The highest BCUT2D eigenvalue weighted by molar-refractivity contribution is 5.94. The Morgan fingerprint density at radius 2 is 1.81 bits per heavy atom. The third-order valence-corrected chi connectivity index (χ3v) is 5.18. The van der Waals surface area contributed by atoms with Crippen LogP contribution in [0.4, 0.5) is 11.4 Å². The van der Waals surface area contributed by atoms with Crippen molar-refractivity contribution in [3.8, 4) is 5.75 Å². The number of anilines is 2. The lowest BCUT2D eigenvalue weighted by Gasteiger charge is -2.26. The number of rotatable bonds is 7. The smallest absolute Gasteiger partial charge is 0.294 e. The molecule has 1 fully saturated rings. The maximum atomic E-state index is 13.1. The van der Waals surface area contributed by atoms with Gasteiger partial charge in [-0.3, -0.25) is 9.59 Å². The number of benzene rings is 2. The van der Waals surface area contributed by atoms with Gasteiger partial charge in [0.25, 0.3) is 11.5 Å². The van der Waals surface area contributed by atoms with Gasteiger partial charge in [-0.25, -0.2) is 4.68 Å². The monoisotopic (exact) mass is 434 g/mol. The van der Waals surface area contributed by atoms with Gasteiger partial charge in [-0.1, -0.05) is 30.3 Å². The van der Waals surface area contributed by atoms with Crippen LogP contribution >= 0.6 is 0 Å². The third-order valence-electron chi connectivity index (χ3n) is 5.18. The van der Waals surface area contributed by atoms with Gasteiger partial charge >= 0.3 is 0 Å². The first-order valence-corrected chi connectivity index (χ1v) is 10.7. The van der Waals surface area contributed by atoms with E-state index in [1.54, 1.807) is 35.4 Å². The van der Waals surface area contributed by atoms with Crippen LogP contribution in [0.2, 0.25) is 0 Å². The molecule has 0 saturated carbocycles. The lowest BCUT2D eigenvalue weighted by molar-refractivity contribution is 0.0303. The fourth-order valence-electron chi connectivity index (χ4n) is 3.51. The molecule has 0 radical (unpaired) electrons. The summed E-state index contributed by atoms with van der Waals surface area (Å²) in [4.78, 5) is 27.6. The van der Waals surface area contributed by atoms with Crippen molar-refractivity contribution in [3.05, 3.63) is 82.3 Å². The summed E-state index contributed by atoms with van der Waals surface area (Å²) in [5.74, 6) is 0.360. The molecule has 1 N–H and O–H groups in total. The summed E-state index contributed by atoms with van der Waals surface area (Å²) >= 11 is 0. The quantitative estimate of drug-likeness (QED) is 0.616. The highest BCUT2D eigenvalue weighted by atomic mass is 16.5. The van der Waals surface area contributed by atoms with Crippen LogP contribution in [0.1, 0.15) is 22.8 Å². The van der Waals surface area contributed by atoms with Crippen LogP contribution < -0.4 is 15.6 Å². The summed E-state index contributed by atoms with van der Waals surface area (Å²) in [6.45, 7) is 4.92. The summed E-state index contributed by atoms with van der Waals surface area (Å²) in [6.07, 6.45) is 1.55. The van der Waals surface area contributed by atoms with Crippen LogP contribution in [0.25, 0.3) is 0 Å². The second-order valence-corrected chi connectivity index (χ2v) is 7.37. The lowest BCUT2D eigenvalue weighted by Crippen LogP contribution is -2.40. The van der Waals surface area contributed by atoms with Crippen LogP contribution in [0.5, 0.6) is 5.75 Å². The molecule has 8 heteroatoms. The molecular weight excluding hydrogens is 408 g/mol. The molecule has 166 valence electrons. The molecule has 0 aliphatic carbocycles. The van der Waals surface area contributed by atoms with Crippen molar-refractivity contribution < 1.29 is 14.3 Å². The molecule has 1 aromatic heterocycles. The number of amides is 1. The molecule has 0 spiro atoms. The Hall–Kier alpha value is -3.65. The first-order valence-electron chi connectivity index (χ1n) is 10.7. The molecule has 1 aliphatic heterocycles. The molecule has 3 aromatic rings. The minimum atomic E-state index is -0.284. The van der Waals surface area contributed by atoms with Gasteiger partial charge < -0.3 is 19.7 Å². The fraction of sp³-hybridized carbons (Fsp3) is 0.292. The van der Waals surface area contributed by atoms with E-state index in [0.717, 1.165) is 5.56 Å². The molecule has 0 unspecified atom stereocenters. The Morgan fingerprint density at radius 1 is 1.09 bits per heavy atom. The van der Waals surface area contributed by atoms with Crippen LogP contribution in [0.15, 0.2) is 65.6 Å². The maximum Gasteiger partial charge on any atom is 0.294 e. The van der Waals surface area contributed by atoms with Crippen LogP contribution in [-0.2, 0) is 11.3 Å². The Balaban J connectivity index is 1.56. The van der Waals surface area contributed by atoms with E-state index >= 15 is 0 Å². The number of hydrogen-bond acceptors (Lipinski definition) is 6. The summed E-state index contributed by atoms with van der Waals surface area (Å²) in [5, 5.41) is 7.42. The number of ether oxygens (including phenoxy) is 2. The van der Waals surface area contributed by atoms with Crippen molar-refractivity contribution in [1.82, 2.24) is 14.7 Å². The van der Waals surface area contributed by atoms with E-state index in [2.05, 4.69) is 10.4 Å². The molecule has 8 nitrogen and oxygen atoms in total. The predicted octanol–water partition coefficient (Wildman–Crippen LogP) is 2.91. The minimum Gasteiger partial charge on any atom is -0.490 e. The van der Waals surface area contributed by atoms with Gasteiger partial charge in [0.2, 0.25) is 0 Å². The molecule has 1 saturated heterocycles. The standard InChI is InChI=1S/C24H26N4O4/c1-2-32-21-16-25-28(17-18-6-4-3-5-7-18)24(30)22(21)26-20-10-8-19(9-11-20)23(29)27-12-14-31-15-13-27/h3-11,16,26H,2,12-15,17H2,1H3. The number of carbonyl (C=O) groups excluding carboxylic acids is 1. The second kappa shape index (κ2) is 10.1. The van der Waals surface area contributed by atoms with Gasteiger partial charge in [-0.05, 0) is 36.8 Å². The van der Waals surface area contributed by atoms with Crippen LogP contribution in [0.3, 0.4) is 0 Å². The SMILES string of the molecule is CCOc1cnn(Cc2ccccc2)c(=O)c1Nc1ccc(C(=O)N2CCOCC2)cc1. The van der Waals surface area contributed by atoms with Crippen molar-refractivity contribution in [2.75, 3.05) is 38.2 Å². The lowest BCUT2D eigenvalue weighted by atomic mass is 10.1. The molecule has 0 bridgehead atoms. The zero-order valence-corrected chi connectivity index (χ0v) is 18.0. The highest BCUT2D eigenvalue weighted by Gasteiger charge is 2.19. The average molecular weight is 434 g/mol. The number of nitrogens with zero attached hydrogens (tertiary/aromatic N) is 3. The number of hydrogen-bond donors (Lipinski definition) is 1. The molecule has 4 rings (SSSR count). The molecular formula is C24H26N4O4. The molecule has 2 aromatic carbocycles. The number of nitrogens with one attached hydrogen (secondary N) is 1. The van der Waals surface area contributed by atoms with Crippen molar-refractivity contribution >= 4 is 17.3 Å². The van der Waals surface area contributed by atoms with E-state index in [0.29, 0.717) is 62.1 Å². The van der Waals surface area contributed by atoms with E-state index in [9.17, 15) is 9.59 Å². The molecule has 0 atom stereocenters. The zero-order valence-electron chi connectivity index (χ0n) is 18.0. The predicted molar refractivity (Wildman–Crippen MR) is 122 cm³/mol. The van der Waals surface area contributed by atoms with E-state index in [1.807, 2.05) is 37.3 Å². The Bertz CT molecular complexity index is 1110. The van der Waals surface area contributed by atoms with E-state index in [-0.39, 0.29) is 11.5 Å². The summed E-state index contributed by atoms with van der Waals surface area (Å²) in [7, 11) is 0. The van der Waals surface area contributed by atoms with E-state index < -0.39 is 0 Å². The Morgan fingerprint density at radius 3 is 2.50 bits per heavy atom. The topological polar surface area (TPSA) is 85.7 Å². The molecule has 1 aliphatic rings. The number of carbonyl (C=O) groups is 1. The minimum absolute atomic E-state index is 0.0241. The molecule has 32 heavy (non-hydrogen) atoms. The molecule has 2 heterocycles. The van der Waals surface area contributed by atoms with Gasteiger partial charge in [0, 0.05) is 24.3 Å². The van der Waals surface area contributed by atoms with Gasteiger partial charge in [0.15, 0.2) is 11.4 Å². The van der Waals surface area contributed by atoms with Crippen LogP contribution in [-0.4, -0.2) is 53.5 Å². The van der Waals surface area contributed by atoms with Crippen molar-refractivity contribution in [2.24, 2.45) is 0 Å². The van der Waals surface area contributed by atoms with Crippen molar-refractivity contribution in [1.29, 1.82) is 0 Å². The third kappa shape index (κ3) is 4.97. The normalized spacial score (nSPS) is 13.6. The summed E-state index contributed by atoms with van der Waals surface area (Å²) in [6, 6.07) is 16.7. The van der Waals surface area contributed by atoms with Gasteiger partial charge in [0.05, 0.1) is 32.6 Å². The Kier molecular flexibility index (Phi) is 6.81. The summed E-state index contributed by atoms with van der Waals surface area (Å²) < 4.78 is 12.3. The zero-order chi connectivity index (χ0) is 22.3. The van der Waals surface area contributed by atoms with Crippen molar-refractivity contribution in [2.45, 2.75) is 13.5 Å². The highest BCUT2D eigenvalue weighted by Crippen LogP contribution is 2.24. The first kappa shape index (κ1) is 21.6. The summed E-state index contributed by atoms with van der Waals surface area (Å²) in [5.41, 5.74) is 2.28. The average Bonchev–Trinajstić information content (AvgIpc) is 2.84. The van der Waals surface area contributed by atoms with Crippen LogP contribution in [0, 0.1) is 0 Å². The number of morpholine rings is 1. The van der Waals surface area contributed by atoms with E-state index in [4.69, 9.17) is 9.47 Å². The van der Waals surface area contributed by atoms with Gasteiger partial charge in [0.1, 0.15) is 0 Å². The maximum absolute atomic E-state index is 13.1. The fourth-order valence-corrected chi connectivity index (χ4v) is 3.51. The van der Waals surface area contributed by atoms with E-state index in [1.165, 1.54) is 4.68 Å². The van der Waals surface area contributed by atoms with Crippen molar-refractivity contribution in [3.63, 3.8) is 0 Å². The Labute approximate surface area is 186 Å². The van der Waals surface area contributed by atoms with Gasteiger partial charge in [-0.15, -0.1) is 0 Å². The second-order valence-electron chi connectivity index (χ2n) is 7.37. The molecule has 1 amide bonds. The van der Waals surface area contributed by atoms with Gasteiger partial charge in [-0.2, -0.15) is 5.10 Å². The number of aromatic nitrogens is 2. The first-order chi connectivity index (χ1) is 15.7.